The zero-order valence-corrected chi connectivity index (χ0v) is 72.7. The van der Waals surface area contributed by atoms with Gasteiger partial charge in [0.15, 0.2) is 12.6 Å². The van der Waals surface area contributed by atoms with Crippen molar-refractivity contribution in [3.05, 3.63) is 12.2 Å². The molecule has 3 rings (SSSR count). The number of nitrogens with one attached hydrogen (secondary N) is 2. The number of allylic oxidation sites excluding steroid dienone is 1. The van der Waals surface area contributed by atoms with Gasteiger partial charge in [-0.1, -0.05) is 392 Å². The van der Waals surface area contributed by atoms with Crippen LogP contribution in [0.5, 0.6) is 0 Å². The van der Waals surface area contributed by atoms with Crippen LogP contribution >= 0.6 is 0 Å². The molecule has 0 aromatic carbocycles. The van der Waals surface area contributed by atoms with Crippen LogP contribution in [-0.4, -0.2) is 215 Å². The van der Waals surface area contributed by atoms with E-state index in [1.54, 1.807) is 6.08 Å². The van der Waals surface area contributed by atoms with Gasteiger partial charge in [-0.05, 0) is 19.3 Å². The van der Waals surface area contributed by atoms with Crippen LogP contribution in [0.3, 0.4) is 0 Å². The summed E-state index contributed by atoms with van der Waals surface area (Å²) < 4.78 is 35.0. The monoisotopic (exact) mass is 1640 g/mol. The topological polar surface area (TPSA) is 373 Å². The SMILES string of the molecule is CCCCCCCCCCCCCCCCCCCCCC/C=C/C(O)C(COC1OC(CO)C(OC2OC(CO)C(O)C(OC3(C(=O)O)CC(O)C(NC(C)=O)C(C(O)C(O)CO)O3)C2O)C(O)C1O)NC(=O)CCCCCCCCCCCCCCCCCCCCCCCCCCCCCCCCCCCCCCCCC. The van der Waals surface area contributed by atoms with Crippen LogP contribution in [0, 0.1) is 0 Å². The van der Waals surface area contributed by atoms with Gasteiger partial charge in [-0.25, -0.2) is 4.79 Å². The van der Waals surface area contributed by atoms with E-state index in [4.69, 9.17) is 28.4 Å². The number of aliphatic hydroxyl groups excluding tert-OH is 11. The molecule has 2 amide bonds. The largest absolute Gasteiger partial charge is 0.477 e. The molecule has 0 aliphatic carbocycles. The minimum Gasteiger partial charge on any atom is -0.477 e. The molecule has 0 saturated carbocycles. The lowest BCUT2D eigenvalue weighted by Gasteiger charge is -2.50. The van der Waals surface area contributed by atoms with Gasteiger partial charge in [0.2, 0.25) is 11.8 Å². The van der Waals surface area contributed by atoms with Crippen molar-refractivity contribution < 1.29 is 104 Å². The summed E-state index contributed by atoms with van der Waals surface area (Å²) >= 11 is 0. The second kappa shape index (κ2) is 69.9. The second-order valence-corrected chi connectivity index (χ2v) is 34.6. The molecule has 23 nitrogen and oxygen atoms in total. The first-order chi connectivity index (χ1) is 55.9. The Balaban J connectivity index is 1.40. The Bertz CT molecular complexity index is 2310. The molecule has 3 fully saturated rings. The first-order valence-corrected chi connectivity index (χ1v) is 47.6. The number of unbranched alkanes of at least 4 members (excludes halogenated alkanes) is 58. The van der Waals surface area contributed by atoms with E-state index in [9.17, 15) is 75.7 Å². The Morgan fingerprint density at radius 2 is 0.809 bits per heavy atom. The number of hydrogen-bond acceptors (Lipinski definition) is 20. The summed E-state index contributed by atoms with van der Waals surface area (Å²) in [5.41, 5.74) is 0. The van der Waals surface area contributed by atoms with Crippen LogP contribution in [0.25, 0.3) is 0 Å². The van der Waals surface area contributed by atoms with Crippen LogP contribution in [0.15, 0.2) is 12.2 Å². The van der Waals surface area contributed by atoms with Crippen molar-refractivity contribution in [1.29, 1.82) is 0 Å². The highest BCUT2D eigenvalue weighted by atomic mass is 16.8. The average molecular weight is 1640 g/mol. The first-order valence-electron chi connectivity index (χ1n) is 47.6. The quantitative estimate of drug-likeness (QED) is 0.0199. The summed E-state index contributed by atoms with van der Waals surface area (Å²) in [7, 11) is 0. The Morgan fingerprint density at radius 3 is 1.16 bits per heavy atom. The minimum atomic E-state index is -3.08. The molecular weight excluding hydrogens is 1470 g/mol. The van der Waals surface area contributed by atoms with Crippen molar-refractivity contribution in [3.8, 4) is 0 Å². The van der Waals surface area contributed by atoms with E-state index < -0.39 is 155 Å². The predicted molar refractivity (Wildman–Crippen MR) is 454 cm³/mol. The van der Waals surface area contributed by atoms with Gasteiger partial charge in [0.25, 0.3) is 5.79 Å². The fourth-order valence-electron chi connectivity index (χ4n) is 16.8. The van der Waals surface area contributed by atoms with Gasteiger partial charge in [0.05, 0.1) is 50.7 Å². The van der Waals surface area contributed by atoms with Crippen molar-refractivity contribution in [3.63, 3.8) is 0 Å². The molecule has 23 heteroatoms. The van der Waals surface area contributed by atoms with Crippen LogP contribution in [0.2, 0.25) is 0 Å². The highest BCUT2D eigenvalue weighted by molar-refractivity contribution is 5.77. The molecule has 0 aromatic rings. The van der Waals surface area contributed by atoms with E-state index in [0.29, 0.717) is 12.8 Å². The summed E-state index contributed by atoms with van der Waals surface area (Å²) in [5, 5.41) is 137. The second-order valence-electron chi connectivity index (χ2n) is 34.6. The third-order valence-electron chi connectivity index (χ3n) is 24.2. The molecule has 0 radical (unpaired) electrons. The van der Waals surface area contributed by atoms with E-state index in [0.717, 1.165) is 51.9 Å². The van der Waals surface area contributed by atoms with Gasteiger partial charge < -0.3 is 100 Å². The standard InChI is InChI=1S/C92H174N2O21/c1-4-6-8-10-12-14-16-18-20-22-24-26-28-29-30-31-32-33-34-35-36-37-38-39-40-41-42-43-44-46-48-50-52-54-56-58-60-62-64-66-79(102)94-73(74(99)65-63-61-59-57-55-53-51-49-47-45-27-25-23-21-19-17-15-13-11-9-7-5-2)71-110-89-84(106)83(105)86(78(70-97)112-89)113-90-85(107)88(82(104)77(69-96)111-90)115-92(91(108)109)67-75(100)80(93-72(3)98)87(114-92)81(103)76(101)68-95/h63,65,73-78,80-90,95-97,99-101,103-107H,4-62,64,66-71H2,1-3H3,(H,93,98)(H,94,102)(H,108,109)/b65-63+. The molecule has 0 spiro atoms. The maximum atomic E-state index is 13.6. The van der Waals surface area contributed by atoms with Gasteiger partial charge in [0, 0.05) is 19.8 Å². The van der Waals surface area contributed by atoms with Crippen molar-refractivity contribution in [2.75, 3.05) is 26.4 Å². The summed E-state index contributed by atoms with van der Waals surface area (Å²) in [6, 6.07) is -2.62. The number of aliphatic carboxylic acids is 1. The van der Waals surface area contributed by atoms with Crippen LogP contribution < -0.4 is 10.6 Å². The maximum Gasteiger partial charge on any atom is 0.364 e. The van der Waals surface area contributed by atoms with Crippen molar-refractivity contribution in [2.45, 2.75) is 529 Å². The number of carboxylic acid groups (broad SMARTS) is 1. The summed E-state index contributed by atoms with van der Waals surface area (Å²) in [6.45, 7) is 2.23. The average Bonchev–Trinajstić information content (AvgIpc) is 0.757. The summed E-state index contributed by atoms with van der Waals surface area (Å²) in [6.07, 6.45) is 52.9. The lowest BCUT2D eigenvalue weighted by Crippen LogP contribution is -2.70. The zero-order chi connectivity index (χ0) is 83.8. The Labute approximate surface area is 696 Å². The smallest absolute Gasteiger partial charge is 0.364 e. The Kier molecular flexibility index (Phi) is 64.9. The predicted octanol–water partition coefficient (Wildman–Crippen LogP) is 16.0. The fourth-order valence-corrected chi connectivity index (χ4v) is 16.8. The van der Waals surface area contributed by atoms with Crippen molar-refractivity contribution in [2.24, 2.45) is 0 Å². The van der Waals surface area contributed by atoms with Crippen LogP contribution in [0.4, 0.5) is 0 Å². The van der Waals surface area contributed by atoms with Gasteiger partial charge in [-0.15, -0.1) is 0 Å². The summed E-state index contributed by atoms with van der Waals surface area (Å²) in [4.78, 5) is 38.8. The van der Waals surface area contributed by atoms with E-state index >= 15 is 0 Å². The highest BCUT2D eigenvalue weighted by Crippen LogP contribution is 2.39. The highest BCUT2D eigenvalue weighted by Gasteiger charge is 2.60. The normalized spacial score (nSPS) is 25.0. The third-order valence-corrected chi connectivity index (χ3v) is 24.2. The van der Waals surface area contributed by atoms with E-state index in [1.807, 2.05) is 6.08 Å². The molecule has 3 saturated heterocycles. The molecule has 0 aromatic heterocycles. The Hall–Kier alpha value is -2.53. The lowest BCUT2D eigenvalue weighted by molar-refractivity contribution is -0.386. The number of ether oxygens (including phenoxy) is 6. The molecule has 14 N–H and O–H groups in total. The van der Waals surface area contributed by atoms with Gasteiger partial charge >= 0.3 is 5.97 Å². The number of amides is 2. The van der Waals surface area contributed by atoms with Gasteiger partial charge in [0.1, 0.15) is 67.1 Å². The van der Waals surface area contributed by atoms with E-state index in [-0.39, 0.29) is 12.3 Å². The molecule has 678 valence electrons. The maximum absolute atomic E-state index is 13.6. The Morgan fingerprint density at radius 1 is 0.452 bits per heavy atom. The van der Waals surface area contributed by atoms with Crippen molar-refractivity contribution in [1.82, 2.24) is 10.6 Å². The van der Waals surface area contributed by atoms with Gasteiger partial charge in [-0.3, -0.25) is 9.59 Å². The molecule has 115 heavy (non-hydrogen) atoms. The molecule has 18 atom stereocenters. The number of carbonyl (C=O) groups is 3. The van der Waals surface area contributed by atoms with Crippen molar-refractivity contribution >= 4 is 17.8 Å². The first kappa shape index (κ1) is 107. The summed E-state index contributed by atoms with van der Waals surface area (Å²) in [5.74, 6) is -6.13. The van der Waals surface area contributed by atoms with E-state index in [2.05, 4.69) is 24.5 Å². The molecule has 0 bridgehead atoms. The zero-order valence-electron chi connectivity index (χ0n) is 72.7. The lowest BCUT2D eigenvalue weighted by atomic mass is 9.88. The van der Waals surface area contributed by atoms with Crippen LogP contribution in [-0.2, 0) is 42.8 Å². The molecular formula is C92H174N2O21. The number of rotatable bonds is 78. The van der Waals surface area contributed by atoms with E-state index in [1.165, 1.54) is 327 Å². The number of carboxylic acids is 1. The fraction of sp³-hybridized carbons (Fsp3) is 0.946. The molecule has 3 aliphatic heterocycles. The number of hydrogen-bond donors (Lipinski definition) is 14. The molecule has 3 aliphatic rings. The molecule has 18 unspecified atom stereocenters. The third kappa shape index (κ3) is 48.2. The van der Waals surface area contributed by atoms with Crippen LogP contribution in [0.1, 0.15) is 419 Å². The number of carbonyl (C=O) groups excluding carboxylic acids is 2. The van der Waals surface area contributed by atoms with Gasteiger partial charge in [-0.2, -0.15) is 0 Å². The minimum absolute atomic E-state index is 0.206. The number of aliphatic hydroxyl groups is 11. The molecule has 3 heterocycles.